The Morgan fingerprint density at radius 2 is 1.67 bits per heavy atom. The predicted molar refractivity (Wildman–Crippen MR) is 59.1 cm³/mol. The summed E-state index contributed by atoms with van der Waals surface area (Å²) >= 11 is 28.7. The first kappa shape index (κ1) is 13.4. The molecule has 0 saturated heterocycles. The highest BCUT2D eigenvalue weighted by Gasteiger charge is 2.39. The Kier molecular flexibility index (Phi) is 6.76. The van der Waals surface area contributed by atoms with E-state index in [1.54, 1.807) is 0 Å². The lowest BCUT2D eigenvalue weighted by molar-refractivity contribution is 0.634. The zero-order valence-corrected chi connectivity index (χ0v) is 10.4. The van der Waals surface area contributed by atoms with Crippen LogP contribution in [0, 0.1) is 0 Å². The predicted octanol–water partition coefficient (Wildman–Crippen LogP) is 4.76. The highest BCUT2D eigenvalue weighted by Crippen LogP contribution is 2.40. The molecule has 0 N–H and O–H groups in total. The summed E-state index contributed by atoms with van der Waals surface area (Å²) < 4.78 is -1.25. The second-order valence-electron chi connectivity index (χ2n) is 2.58. The van der Waals surface area contributed by atoms with Gasteiger partial charge in [0.15, 0.2) is 4.33 Å². The van der Waals surface area contributed by atoms with Crippen molar-refractivity contribution in [3.8, 4) is 0 Å². The second kappa shape index (κ2) is 6.03. The second-order valence-corrected chi connectivity index (χ2v) is 5.65. The first-order valence-corrected chi connectivity index (χ1v) is 5.79. The highest BCUT2D eigenvalue weighted by molar-refractivity contribution is 6.62. The van der Waals surface area contributed by atoms with Gasteiger partial charge < -0.3 is 0 Å². The quantitative estimate of drug-likeness (QED) is 0.633. The van der Waals surface area contributed by atoms with E-state index in [1.807, 2.05) is 0 Å². The highest BCUT2D eigenvalue weighted by atomic mass is 35.5. The van der Waals surface area contributed by atoms with Crippen LogP contribution in [0.2, 0.25) is 0 Å². The zero-order valence-electron chi connectivity index (χ0n) is 6.67. The molecule has 0 aliphatic heterocycles. The van der Waals surface area contributed by atoms with Crippen LogP contribution in [0.25, 0.3) is 0 Å². The van der Waals surface area contributed by atoms with Crippen molar-refractivity contribution in [1.82, 2.24) is 0 Å². The lowest BCUT2D eigenvalue weighted by Gasteiger charge is -2.25. The number of alkyl halides is 5. The Morgan fingerprint density at radius 3 is 2.00 bits per heavy atom. The van der Waals surface area contributed by atoms with Crippen molar-refractivity contribution in [3.05, 3.63) is 0 Å². The molecule has 5 heteroatoms. The first-order chi connectivity index (χ1) is 5.42. The smallest absolute Gasteiger partial charge is 0.120 e. The number of hydrogen-bond donors (Lipinski definition) is 0. The molecule has 74 valence electrons. The molecule has 0 aromatic carbocycles. The molecule has 0 rings (SSSR count). The van der Waals surface area contributed by atoms with Gasteiger partial charge in [-0.3, -0.25) is 0 Å². The fourth-order valence-electron chi connectivity index (χ4n) is 0.712. The van der Waals surface area contributed by atoms with Crippen molar-refractivity contribution in [2.24, 2.45) is 0 Å². The van der Waals surface area contributed by atoms with Crippen molar-refractivity contribution < 1.29 is 0 Å². The summed E-state index contributed by atoms with van der Waals surface area (Å²) in [7, 11) is 0. The summed E-state index contributed by atoms with van der Waals surface area (Å²) in [5.74, 6) is 0. The van der Waals surface area contributed by atoms with Gasteiger partial charge in [0.2, 0.25) is 0 Å². The van der Waals surface area contributed by atoms with E-state index < -0.39 is 14.5 Å². The fraction of sp³-hybridized carbons (Fsp3) is 1.00. The molecule has 0 heterocycles. The number of unbranched alkanes of at least 4 members (excludes halogenated alkanes) is 1. The van der Waals surface area contributed by atoms with E-state index in [0.29, 0.717) is 0 Å². The summed E-state index contributed by atoms with van der Waals surface area (Å²) in [6, 6.07) is 0. The summed E-state index contributed by atoms with van der Waals surface area (Å²) in [5, 5.41) is -0.402. The molecule has 0 radical (unpaired) electrons. The molecule has 0 aliphatic rings. The lowest BCUT2D eigenvalue weighted by Crippen LogP contribution is -2.33. The van der Waals surface area contributed by atoms with Crippen LogP contribution in [0.4, 0.5) is 0 Å². The third-order valence-electron chi connectivity index (χ3n) is 1.52. The largest absolute Gasteiger partial charge is 0.164 e. The van der Waals surface area contributed by atoms with Gasteiger partial charge in [0.05, 0.1) is 5.38 Å². The Morgan fingerprint density at radius 1 is 1.17 bits per heavy atom. The maximum absolute atomic E-state index is 5.91. The van der Waals surface area contributed by atoms with Crippen molar-refractivity contribution in [2.75, 3.05) is 0 Å². The Bertz CT molecular complexity index is 123. The Labute approximate surface area is 98.4 Å². The maximum atomic E-state index is 5.91. The van der Waals surface area contributed by atoms with Crippen LogP contribution in [0.5, 0.6) is 0 Å². The van der Waals surface area contributed by atoms with Crippen LogP contribution < -0.4 is 0 Å². The molecule has 0 bridgehead atoms. The topological polar surface area (TPSA) is 0 Å². The van der Waals surface area contributed by atoms with Crippen molar-refractivity contribution in [2.45, 2.75) is 40.7 Å². The minimum Gasteiger partial charge on any atom is -0.120 e. The van der Waals surface area contributed by atoms with Crippen molar-refractivity contribution in [1.29, 1.82) is 0 Å². The van der Waals surface area contributed by atoms with Crippen LogP contribution in [0.15, 0.2) is 0 Å². The third kappa shape index (κ3) is 4.11. The van der Waals surface area contributed by atoms with E-state index in [-0.39, 0.29) is 0 Å². The monoisotopic (exact) mass is 270 g/mol. The maximum Gasteiger partial charge on any atom is 0.164 e. The van der Waals surface area contributed by atoms with E-state index in [9.17, 15) is 0 Å². The molecule has 0 aliphatic carbocycles. The molecule has 0 nitrogen and oxygen atoms in total. The van der Waals surface area contributed by atoms with Gasteiger partial charge in [-0.25, -0.2) is 0 Å². The molecule has 0 amide bonds. The first-order valence-electron chi connectivity index (χ1n) is 3.73. The van der Waals surface area contributed by atoms with Gasteiger partial charge in [-0.2, -0.15) is 0 Å². The number of hydrogen-bond acceptors (Lipinski definition) is 0. The van der Waals surface area contributed by atoms with E-state index in [0.717, 1.165) is 19.3 Å². The van der Waals surface area contributed by atoms with Gasteiger partial charge in [0.1, 0.15) is 4.84 Å². The van der Waals surface area contributed by atoms with E-state index in [4.69, 9.17) is 58.0 Å². The zero-order chi connectivity index (χ0) is 9.78. The van der Waals surface area contributed by atoms with Crippen LogP contribution in [0.3, 0.4) is 0 Å². The van der Waals surface area contributed by atoms with E-state index in [1.165, 1.54) is 0 Å². The number of rotatable bonds is 5. The minimum atomic E-state index is -1.25. The fourth-order valence-corrected chi connectivity index (χ4v) is 1.64. The molecular formula is C7H11Cl5. The van der Waals surface area contributed by atoms with Gasteiger partial charge >= 0.3 is 0 Å². The van der Waals surface area contributed by atoms with Gasteiger partial charge in [-0.1, -0.05) is 43.0 Å². The van der Waals surface area contributed by atoms with E-state index >= 15 is 0 Å². The molecule has 1 unspecified atom stereocenters. The lowest BCUT2D eigenvalue weighted by atomic mass is 10.1. The minimum absolute atomic E-state index is 0.402. The normalized spacial score (nSPS) is 15.2. The third-order valence-corrected chi connectivity index (χ3v) is 4.40. The molecular weight excluding hydrogens is 261 g/mol. The Balaban J connectivity index is 3.97. The van der Waals surface area contributed by atoms with Crippen molar-refractivity contribution in [3.63, 3.8) is 0 Å². The van der Waals surface area contributed by atoms with E-state index in [2.05, 4.69) is 6.92 Å². The molecule has 12 heavy (non-hydrogen) atoms. The van der Waals surface area contributed by atoms with Crippen LogP contribution in [-0.2, 0) is 0 Å². The summed E-state index contributed by atoms with van der Waals surface area (Å²) in [6.45, 7) is 2.06. The molecule has 0 aromatic rings. The molecule has 0 fully saturated rings. The average Bonchev–Trinajstić information content (AvgIpc) is 1.99. The molecule has 1 atom stereocenters. The van der Waals surface area contributed by atoms with Gasteiger partial charge in [0, 0.05) is 0 Å². The van der Waals surface area contributed by atoms with Gasteiger partial charge in [-0.15, -0.1) is 34.8 Å². The molecule has 0 saturated carbocycles. The molecule has 0 aromatic heterocycles. The van der Waals surface area contributed by atoms with Crippen LogP contribution >= 0.6 is 58.0 Å². The van der Waals surface area contributed by atoms with Gasteiger partial charge in [0.25, 0.3) is 0 Å². The van der Waals surface area contributed by atoms with Gasteiger partial charge in [-0.05, 0) is 6.42 Å². The average molecular weight is 272 g/mol. The SMILES string of the molecule is CCCCC(Cl)C(Cl)(Cl)C(Cl)Cl. The Hall–Kier alpha value is 1.45. The van der Waals surface area contributed by atoms with Crippen molar-refractivity contribution >= 4 is 58.0 Å². The van der Waals surface area contributed by atoms with Crippen LogP contribution in [0.1, 0.15) is 26.2 Å². The summed E-state index contributed by atoms with van der Waals surface area (Å²) in [6.07, 6.45) is 2.74. The summed E-state index contributed by atoms with van der Waals surface area (Å²) in [5.41, 5.74) is 0. The number of halogens is 5. The standard InChI is InChI=1S/C7H11Cl5/c1-2-3-4-5(8)7(11,12)6(9)10/h5-6H,2-4H2,1H3. The van der Waals surface area contributed by atoms with Crippen LogP contribution in [-0.4, -0.2) is 14.5 Å². The molecule has 0 spiro atoms. The summed E-state index contributed by atoms with van der Waals surface area (Å²) in [4.78, 5) is -0.861.